The first kappa shape index (κ1) is 17.3. The van der Waals surface area contributed by atoms with E-state index in [4.69, 9.17) is 4.98 Å². The van der Waals surface area contributed by atoms with E-state index in [0.29, 0.717) is 0 Å². The van der Waals surface area contributed by atoms with Crippen LogP contribution >= 0.6 is 0 Å². The molecule has 1 aliphatic rings. The van der Waals surface area contributed by atoms with Gasteiger partial charge in [0, 0.05) is 29.3 Å². The second-order valence-electron chi connectivity index (χ2n) is 7.20. The number of aromatic nitrogens is 1. The SMILES string of the molecule is CN1c2ccccc2C=C(c2ccc3ccccc3n2)[C@@H]1C#Cc1ccccc1. The average molecular weight is 372 g/mol. The largest absolute Gasteiger partial charge is 0.356 e. The van der Waals surface area contributed by atoms with Crippen LogP contribution in [0.1, 0.15) is 16.8 Å². The summed E-state index contributed by atoms with van der Waals surface area (Å²) in [5.41, 5.74) is 6.49. The highest BCUT2D eigenvalue weighted by Crippen LogP contribution is 2.35. The van der Waals surface area contributed by atoms with Crippen molar-refractivity contribution in [2.24, 2.45) is 0 Å². The van der Waals surface area contributed by atoms with Crippen molar-refractivity contribution in [2.45, 2.75) is 6.04 Å². The molecule has 1 aliphatic heterocycles. The second-order valence-corrected chi connectivity index (χ2v) is 7.20. The number of anilines is 1. The Kier molecular flexibility index (Phi) is 4.35. The summed E-state index contributed by atoms with van der Waals surface area (Å²) in [6, 6.07) is 31.0. The quantitative estimate of drug-likeness (QED) is 0.402. The van der Waals surface area contributed by atoms with Crippen LogP contribution in [-0.4, -0.2) is 18.1 Å². The Bertz CT molecular complexity index is 1280. The van der Waals surface area contributed by atoms with Gasteiger partial charge in [-0.1, -0.05) is 72.5 Å². The minimum atomic E-state index is -0.0706. The van der Waals surface area contributed by atoms with Crippen LogP contribution in [0.25, 0.3) is 22.6 Å². The van der Waals surface area contributed by atoms with Crippen LogP contribution in [0.5, 0.6) is 0 Å². The minimum absolute atomic E-state index is 0.0706. The first-order chi connectivity index (χ1) is 14.3. The van der Waals surface area contributed by atoms with Crippen LogP contribution in [0.3, 0.4) is 0 Å². The highest BCUT2D eigenvalue weighted by molar-refractivity contribution is 5.95. The fourth-order valence-corrected chi connectivity index (χ4v) is 3.81. The van der Waals surface area contributed by atoms with Crippen LogP contribution < -0.4 is 4.90 Å². The van der Waals surface area contributed by atoms with Gasteiger partial charge in [0.05, 0.1) is 11.2 Å². The third-order valence-corrected chi connectivity index (χ3v) is 5.33. The lowest BCUT2D eigenvalue weighted by atomic mass is 9.93. The van der Waals surface area contributed by atoms with E-state index >= 15 is 0 Å². The summed E-state index contributed by atoms with van der Waals surface area (Å²) in [6.45, 7) is 0. The summed E-state index contributed by atoms with van der Waals surface area (Å²) in [5, 5.41) is 1.15. The number of benzene rings is 3. The highest BCUT2D eigenvalue weighted by atomic mass is 15.1. The lowest BCUT2D eigenvalue weighted by Gasteiger charge is -2.33. The Hall–Kier alpha value is -3.83. The van der Waals surface area contributed by atoms with Gasteiger partial charge in [-0.15, -0.1) is 0 Å². The molecule has 0 N–H and O–H groups in total. The molecule has 0 saturated carbocycles. The molecule has 2 nitrogen and oxygen atoms in total. The number of fused-ring (bicyclic) bond motifs is 2. The average Bonchev–Trinajstić information content (AvgIpc) is 2.79. The van der Waals surface area contributed by atoms with Gasteiger partial charge in [0.15, 0.2) is 0 Å². The molecular weight excluding hydrogens is 352 g/mol. The topological polar surface area (TPSA) is 16.1 Å². The van der Waals surface area contributed by atoms with E-state index in [9.17, 15) is 0 Å². The van der Waals surface area contributed by atoms with E-state index in [1.165, 1.54) is 11.3 Å². The zero-order chi connectivity index (χ0) is 19.6. The van der Waals surface area contributed by atoms with Gasteiger partial charge in [0.25, 0.3) is 0 Å². The highest BCUT2D eigenvalue weighted by Gasteiger charge is 2.26. The smallest absolute Gasteiger partial charge is 0.118 e. The van der Waals surface area contributed by atoms with Gasteiger partial charge in [-0.3, -0.25) is 0 Å². The van der Waals surface area contributed by atoms with Gasteiger partial charge in [-0.25, -0.2) is 4.98 Å². The molecule has 0 bridgehead atoms. The van der Waals surface area contributed by atoms with E-state index in [0.717, 1.165) is 27.7 Å². The van der Waals surface area contributed by atoms with Crippen molar-refractivity contribution in [3.63, 3.8) is 0 Å². The van der Waals surface area contributed by atoms with Crippen molar-refractivity contribution in [2.75, 3.05) is 11.9 Å². The Labute approximate surface area is 171 Å². The van der Waals surface area contributed by atoms with Crippen LogP contribution in [0.4, 0.5) is 5.69 Å². The predicted molar refractivity (Wildman–Crippen MR) is 122 cm³/mol. The van der Waals surface area contributed by atoms with Gasteiger partial charge >= 0.3 is 0 Å². The molecule has 0 amide bonds. The van der Waals surface area contributed by atoms with E-state index < -0.39 is 0 Å². The maximum absolute atomic E-state index is 4.95. The summed E-state index contributed by atoms with van der Waals surface area (Å²) in [6.07, 6.45) is 2.23. The molecule has 0 spiro atoms. The number of likely N-dealkylation sites (N-methyl/N-ethyl adjacent to an activating group) is 1. The molecule has 0 saturated heterocycles. The molecule has 1 aromatic heterocycles. The number of rotatable bonds is 1. The first-order valence-corrected chi connectivity index (χ1v) is 9.76. The summed E-state index contributed by atoms with van der Waals surface area (Å²) >= 11 is 0. The lowest BCUT2D eigenvalue weighted by Crippen LogP contribution is -2.34. The molecule has 29 heavy (non-hydrogen) atoms. The molecule has 0 aliphatic carbocycles. The molecule has 1 atom stereocenters. The summed E-state index contributed by atoms with van der Waals surface area (Å²) in [5.74, 6) is 6.85. The third-order valence-electron chi connectivity index (χ3n) is 5.33. The molecule has 2 heterocycles. The standard InChI is InChI=1S/C27H20N2/c1-29-26-14-8-6-12-22(26)19-23(27(29)18-15-20-9-3-2-4-10-20)25-17-16-21-11-5-7-13-24(21)28-25/h2-14,16-17,19,27H,1H3/t27-/m0/s1. The lowest BCUT2D eigenvalue weighted by molar-refractivity contribution is 0.918. The Balaban J connectivity index is 1.66. The van der Waals surface area contributed by atoms with Gasteiger partial charge < -0.3 is 4.90 Å². The molecular formula is C27H20N2. The van der Waals surface area contributed by atoms with Crippen LogP contribution in [-0.2, 0) is 0 Å². The third kappa shape index (κ3) is 3.28. The Morgan fingerprint density at radius 3 is 2.45 bits per heavy atom. The number of hydrogen-bond acceptors (Lipinski definition) is 2. The number of para-hydroxylation sites is 2. The fourth-order valence-electron chi connectivity index (χ4n) is 3.81. The Morgan fingerprint density at radius 1 is 0.793 bits per heavy atom. The molecule has 3 aromatic carbocycles. The van der Waals surface area contributed by atoms with Crippen LogP contribution in [0.2, 0.25) is 0 Å². The van der Waals surface area contributed by atoms with Crippen molar-refractivity contribution in [1.29, 1.82) is 0 Å². The molecule has 0 radical (unpaired) electrons. The van der Waals surface area contributed by atoms with Crippen molar-refractivity contribution in [1.82, 2.24) is 4.98 Å². The number of hydrogen-bond donors (Lipinski definition) is 0. The molecule has 2 heteroatoms. The molecule has 0 unspecified atom stereocenters. The normalized spacial score (nSPS) is 15.3. The van der Waals surface area contributed by atoms with E-state index in [2.05, 4.69) is 78.4 Å². The van der Waals surface area contributed by atoms with E-state index in [1.807, 2.05) is 42.5 Å². The molecule has 138 valence electrons. The molecule has 4 aromatic rings. The van der Waals surface area contributed by atoms with Gasteiger partial charge in [-0.2, -0.15) is 0 Å². The monoisotopic (exact) mass is 372 g/mol. The van der Waals surface area contributed by atoms with Gasteiger partial charge in [0.2, 0.25) is 0 Å². The molecule has 5 rings (SSSR count). The van der Waals surface area contributed by atoms with E-state index in [1.54, 1.807) is 0 Å². The summed E-state index contributed by atoms with van der Waals surface area (Å²) in [4.78, 5) is 7.20. The predicted octanol–water partition coefficient (Wildman–Crippen LogP) is 5.65. The maximum Gasteiger partial charge on any atom is 0.118 e. The van der Waals surface area contributed by atoms with E-state index in [-0.39, 0.29) is 6.04 Å². The maximum atomic E-state index is 4.95. The van der Waals surface area contributed by atoms with Gasteiger partial charge in [-0.05, 0) is 42.0 Å². The van der Waals surface area contributed by atoms with Crippen LogP contribution in [0.15, 0.2) is 91.0 Å². The van der Waals surface area contributed by atoms with Crippen molar-refractivity contribution < 1.29 is 0 Å². The van der Waals surface area contributed by atoms with Gasteiger partial charge in [0.1, 0.15) is 6.04 Å². The summed E-state index contributed by atoms with van der Waals surface area (Å²) < 4.78 is 0. The van der Waals surface area contributed by atoms with Crippen molar-refractivity contribution in [3.05, 3.63) is 108 Å². The second kappa shape index (κ2) is 7.30. The van der Waals surface area contributed by atoms with Crippen molar-refractivity contribution in [3.8, 4) is 11.8 Å². The van der Waals surface area contributed by atoms with Crippen molar-refractivity contribution >= 4 is 28.2 Å². The first-order valence-electron chi connectivity index (χ1n) is 9.76. The zero-order valence-electron chi connectivity index (χ0n) is 16.2. The Morgan fingerprint density at radius 2 is 1.55 bits per heavy atom. The minimum Gasteiger partial charge on any atom is -0.356 e. The fraction of sp³-hybridized carbons (Fsp3) is 0.0741. The summed E-state index contributed by atoms with van der Waals surface area (Å²) in [7, 11) is 2.11. The number of pyridine rings is 1. The zero-order valence-corrected chi connectivity index (χ0v) is 16.2. The number of nitrogens with zero attached hydrogens (tertiary/aromatic N) is 2. The molecule has 0 fully saturated rings. The van der Waals surface area contributed by atoms with Crippen LogP contribution in [0, 0.1) is 11.8 Å².